The van der Waals surface area contributed by atoms with Crippen LogP contribution in [0.3, 0.4) is 0 Å². The van der Waals surface area contributed by atoms with Crippen LogP contribution >= 0.6 is 0 Å². The monoisotopic (exact) mass is 272 g/mol. The first-order valence-electron chi connectivity index (χ1n) is 6.30. The van der Waals surface area contributed by atoms with Crippen molar-refractivity contribution in [3.05, 3.63) is 0 Å². The Kier molecular flexibility index (Phi) is 4.68. The topological polar surface area (TPSA) is 89.9 Å². The van der Waals surface area contributed by atoms with E-state index in [1.165, 1.54) is 6.92 Å². The Bertz CT molecular complexity index is 387. The highest BCUT2D eigenvalue weighted by Gasteiger charge is 2.55. The van der Waals surface area contributed by atoms with Gasteiger partial charge < -0.3 is 14.6 Å². The van der Waals surface area contributed by atoms with E-state index in [4.69, 9.17) is 9.47 Å². The van der Waals surface area contributed by atoms with Gasteiger partial charge in [-0.25, -0.2) is 0 Å². The van der Waals surface area contributed by atoms with Gasteiger partial charge in [0.15, 0.2) is 11.9 Å². The van der Waals surface area contributed by atoms with Gasteiger partial charge in [0.2, 0.25) is 0 Å². The summed E-state index contributed by atoms with van der Waals surface area (Å²) >= 11 is 0. The Morgan fingerprint density at radius 2 is 2.05 bits per heavy atom. The molecular weight excluding hydrogens is 252 g/mol. The van der Waals surface area contributed by atoms with E-state index in [0.29, 0.717) is 0 Å². The average Bonchev–Trinajstić information content (AvgIpc) is 2.23. The lowest BCUT2D eigenvalue weighted by molar-refractivity contribution is -0.196. The van der Waals surface area contributed by atoms with Gasteiger partial charge in [-0.1, -0.05) is 6.92 Å². The molecular formula is C13H20O6. The Balaban J connectivity index is 3.06. The molecule has 1 saturated carbocycles. The van der Waals surface area contributed by atoms with Gasteiger partial charge in [-0.2, -0.15) is 0 Å². The summed E-state index contributed by atoms with van der Waals surface area (Å²) < 4.78 is 9.80. The molecule has 4 atom stereocenters. The van der Waals surface area contributed by atoms with E-state index in [1.54, 1.807) is 13.8 Å². The minimum absolute atomic E-state index is 0.0670. The lowest BCUT2D eigenvalue weighted by Crippen LogP contribution is -2.60. The van der Waals surface area contributed by atoms with Gasteiger partial charge in [0, 0.05) is 13.3 Å². The summed E-state index contributed by atoms with van der Waals surface area (Å²) in [5.74, 6) is -2.89. The van der Waals surface area contributed by atoms with Gasteiger partial charge in [-0.05, 0) is 19.8 Å². The molecule has 0 aromatic heterocycles. The molecule has 6 heteroatoms. The predicted molar refractivity (Wildman–Crippen MR) is 65.1 cm³/mol. The van der Waals surface area contributed by atoms with Crippen molar-refractivity contribution >= 4 is 17.7 Å². The van der Waals surface area contributed by atoms with Crippen molar-refractivity contribution in [2.24, 2.45) is 11.8 Å². The van der Waals surface area contributed by atoms with Crippen LogP contribution in [0.15, 0.2) is 0 Å². The molecule has 0 aromatic rings. The molecule has 108 valence electrons. The number of aliphatic hydroxyl groups is 1. The second kappa shape index (κ2) is 5.69. The van der Waals surface area contributed by atoms with E-state index in [2.05, 4.69) is 0 Å². The molecule has 0 unspecified atom stereocenters. The molecule has 1 N–H and O–H groups in total. The van der Waals surface area contributed by atoms with Crippen LogP contribution in [0.1, 0.15) is 34.1 Å². The molecule has 6 nitrogen and oxygen atoms in total. The van der Waals surface area contributed by atoms with Crippen molar-refractivity contribution in [1.29, 1.82) is 0 Å². The molecule has 0 heterocycles. The van der Waals surface area contributed by atoms with E-state index in [-0.39, 0.29) is 24.7 Å². The first kappa shape index (κ1) is 15.6. The highest BCUT2D eigenvalue weighted by atomic mass is 16.6. The minimum atomic E-state index is -1.76. The maximum atomic E-state index is 11.9. The first-order valence-corrected chi connectivity index (χ1v) is 6.30. The van der Waals surface area contributed by atoms with E-state index in [9.17, 15) is 19.5 Å². The standard InChI is InChI=1S/C13H20O6/c1-5-18-12(16)10-7(2)6-9(15)11(13(10,4)17)19-8(3)14/h7,10-11,17H,5-6H2,1-4H3/t7-,10+,11+,13+/m0/s1. The number of carbonyl (C=O) groups excluding carboxylic acids is 3. The van der Waals surface area contributed by atoms with Crippen LogP contribution in [-0.2, 0) is 23.9 Å². The molecule has 1 rings (SSSR count). The normalized spacial score (nSPS) is 34.8. The molecule has 0 saturated heterocycles. The number of ether oxygens (including phenoxy) is 2. The number of hydrogen-bond donors (Lipinski definition) is 1. The molecule has 1 aliphatic rings. The smallest absolute Gasteiger partial charge is 0.312 e. The zero-order valence-electron chi connectivity index (χ0n) is 11.6. The fourth-order valence-electron chi connectivity index (χ4n) is 2.66. The number of ketones is 1. The number of rotatable bonds is 3. The lowest BCUT2D eigenvalue weighted by Gasteiger charge is -2.43. The Labute approximate surface area is 112 Å². The summed E-state index contributed by atoms with van der Waals surface area (Å²) in [7, 11) is 0. The number of carbonyl (C=O) groups is 3. The maximum Gasteiger partial charge on any atom is 0.312 e. The third kappa shape index (κ3) is 3.12. The zero-order chi connectivity index (χ0) is 14.8. The fourth-order valence-corrected chi connectivity index (χ4v) is 2.66. The largest absolute Gasteiger partial charge is 0.466 e. The summed E-state index contributed by atoms with van der Waals surface area (Å²) in [5, 5.41) is 10.5. The second-order valence-electron chi connectivity index (χ2n) is 5.09. The van der Waals surface area contributed by atoms with Gasteiger partial charge in [0.05, 0.1) is 12.5 Å². The lowest BCUT2D eigenvalue weighted by atomic mass is 9.68. The SMILES string of the molecule is CCOC(=O)[C@H]1[C@@H](C)CC(=O)[C@@H](OC(C)=O)[C@]1(C)O. The molecule has 19 heavy (non-hydrogen) atoms. The van der Waals surface area contributed by atoms with Gasteiger partial charge >= 0.3 is 11.9 Å². The highest BCUT2D eigenvalue weighted by Crippen LogP contribution is 2.38. The highest BCUT2D eigenvalue weighted by molar-refractivity contribution is 5.90. The van der Waals surface area contributed by atoms with Crippen LogP contribution in [0.2, 0.25) is 0 Å². The summed E-state index contributed by atoms with van der Waals surface area (Å²) in [4.78, 5) is 34.8. The Morgan fingerprint density at radius 3 is 2.53 bits per heavy atom. The molecule has 1 aliphatic carbocycles. The maximum absolute atomic E-state index is 11.9. The number of esters is 2. The third-order valence-corrected chi connectivity index (χ3v) is 3.37. The summed E-state index contributed by atoms with van der Waals surface area (Å²) in [6, 6.07) is 0. The first-order chi connectivity index (χ1) is 8.71. The molecule has 0 bridgehead atoms. The predicted octanol–water partition coefficient (Wildman–Crippen LogP) is 0.457. The van der Waals surface area contributed by atoms with Crippen LogP contribution in [0.4, 0.5) is 0 Å². The summed E-state index contributed by atoms with van der Waals surface area (Å²) in [6.07, 6.45) is -1.26. The van der Waals surface area contributed by atoms with Gasteiger partial charge in [-0.15, -0.1) is 0 Å². The van der Waals surface area contributed by atoms with Gasteiger partial charge in [-0.3, -0.25) is 14.4 Å². The van der Waals surface area contributed by atoms with E-state index >= 15 is 0 Å². The van der Waals surface area contributed by atoms with Crippen LogP contribution < -0.4 is 0 Å². The van der Waals surface area contributed by atoms with Gasteiger partial charge in [0.1, 0.15) is 5.60 Å². The molecule has 0 amide bonds. The molecule has 1 fully saturated rings. The second-order valence-corrected chi connectivity index (χ2v) is 5.09. The van der Waals surface area contributed by atoms with E-state index in [0.717, 1.165) is 6.92 Å². The average molecular weight is 272 g/mol. The van der Waals surface area contributed by atoms with E-state index in [1.807, 2.05) is 0 Å². The molecule has 0 spiro atoms. The van der Waals surface area contributed by atoms with E-state index < -0.39 is 29.6 Å². The third-order valence-electron chi connectivity index (χ3n) is 3.37. The van der Waals surface area contributed by atoms with Crippen LogP contribution in [0.5, 0.6) is 0 Å². The zero-order valence-corrected chi connectivity index (χ0v) is 11.6. The van der Waals surface area contributed by atoms with Crippen molar-refractivity contribution < 1.29 is 29.0 Å². The van der Waals surface area contributed by atoms with Crippen LogP contribution in [0.25, 0.3) is 0 Å². The number of hydrogen-bond acceptors (Lipinski definition) is 6. The van der Waals surface area contributed by atoms with Crippen LogP contribution in [-0.4, -0.2) is 41.1 Å². The molecule has 0 aliphatic heterocycles. The number of Topliss-reactive ketones (excluding diaryl/α,β-unsaturated/α-hetero) is 1. The fraction of sp³-hybridized carbons (Fsp3) is 0.769. The Morgan fingerprint density at radius 1 is 1.47 bits per heavy atom. The van der Waals surface area contributed by atoms with Crippen molar-refractivity contribution in [3.8, 4) is 0 Å². The summed E-state index contributed by atoms with van der Waals surface area (Å²) in [6.45, 7) is 6.02. The van der Waals surface area contributed by atoms with Crippen molar-refractivity contribution in [2.45, 2.75) is 45.8 Å². The quantitative estimate of drug-likeness (QED) is 0.750. The minimum Gasteiger partial charge on any atom is -0.466 e. The van der Waals surface area contributed by atoms with Crippen molar-refractivity contribution in [3.63, 3.8) is 0 Å². The van der Waals surface area contributed by atoms with Gasteiger partial charge in [0.25, 0.3) is 0 Å². The molecule has 0 radical (unpaired) electrons. The summed E-state index contributed by atoms with van der Waals surface area (Å²) in [5.41, 5.74) is -1.76. The van der Waals surface area contributed by atoms with Crippen molar-refractivity contribution in [1.82, 2.24) is 0 Å². The van der Waals surface area contributed by atoms with Crippen molar-refractivity contribution in [2.75, 3.05) is 6.61 Å². The van der Waals surface area contributed by atoms with Crippen LogP contribution in [0, 0.1) is 11.8 Å². The molecule has 0 aromatic carbocycles. The Hall–Kier alpha value is -1.43.